The van der Waals surface area contributed by atoms with Gasteiger partial charge in [-0.05, 0) is 44.9 Å². The van der Waals surface area contributed by atoms with Crippen molar-refractivity contribution in [2.45, 2.75) is 77.0 Å². The number of allylic oxidation sites excluding steroid dienone is 1. The molecule has 0 aromatic heterocycles. The molecule has 0 radical (unpaired) electrons. The Morgan fingerprint density at radius 2 is 2.16 bits per heavy atom. The van der Waals surface area contributed by atoms with E-state index in [1.165, 1.54) is 32.2 Å². The van der Waals surface area contributed by atoms with Crippen LogP contribution in [0.15, 0.2) is 11.6 Å². The highest BCUT2D eigenvalue weighted by molar-refractivity contribution is 5.11. The van der Waals surface area contributed by atoms with E-state index in [0.717, 1.165) is 31.2 Å². The predicted molar refractivity (Wildman–Crippen MR) is 79.0 cm³/mol. The molecule has 0 aromatic carbocycles. The van der Waals surface area contributed by atoms with Crippen LogP contribution in [0.1, 0.15) is 58.8 Å². The van der Waals surface area contributed by atoms with Crippen molar-refractivity contribution in [1.29, 1.82) is 0 Å². The van der Waals surface area contributed by atoms with Gasteiger partial charge in [0, 0.05) is 24.5 Å². The van der Waals surface area contributed by atoms with Gasteiger partial charge in [-0.25, -0.2) is 0 Å². The summed E-state index contributed by atoms with van der Waals surface area (Å²) in [5.74, 6) is 1.43. The summed E-state index contributed by atoms with van der Waals surface area (Å²) in [4.78, 5) is 2.70. The molecule has 0 spiro atoms. The van der Waals surface area contributed by atoms with E-state index in [0.29, 0.717) is 12.0 Å². The van der Waals surface area contributed by atoms with Crippen molar-refractivity contribution in [3.05, 3.63) is 11.6 Å². The van der Waals surface area contributed by atoms with E-state index in [1.54, 1.807) is 5.57 Å². The molecule has 1 heterocycles. The highest BCUT2D eigenvalue weighted by Crippen LogP contribution is 2.41. The van der Waals surface area contributed by atoms with Crippen molar-refractivity contribution in [2.24, 2.45) is 11.8 Å². The van der Waals surface area contributed by atoms with E-state index in [-0.39, 0.29) is 6.10 Å². The van der Waals surface area contributed by atoms with Crippen LogP contribution in [0.2, 0.25) is 0 Å². The Morgan fingerprint density at radius 1 is 1.37 bits per heavy atom. The number of hydrogen-bond donors (Lipinski definition) is 1. The van der Waals surface area contributed by atoms with E-state index in [1.807, 2.05) is 0 Å². The molecule has 3 rings (SSSR count). The van der Waals surface area contributed by atoms with Crippen LogP contribution in [0, 0.1) is 11.8 Å². The molecule has 0 bridgehead atoms. The number of rotatable bonds is 3. The van der Waals surface area contributed by atoms with E-state index < -0.39 is 0 Å². The van der Waals surface area contributed by atoms with Crippen LogP contribution in [0.5, 0.6) is 0 Å². The van der Waals surface area contributed by atoms with Crippen LogP contribution in [-0.2, 0) is 0 Å². The van der Waals surface area contributed by atoms with Gasteiger partial charge >= 0.3 is 0 Å². The molecular weight excluding hydrogens is 234 g/mol. The van der Waals surface area contributed by atoms with Crippen LogP contribution in [-0.4, -0.2) is 34.7 Å². The van der Waals surface area contributed by atoms with Gasteiger partial charge in [0.25, 0.3) is 0 Å². The molecule has 1 saturated carbocycles. The predicted octanol–water partition coefficient (Wildman–Crippen LogP) is 3.36. The Morgan fingerprint density at radius 3 is 2.89 bits per heavy atom. The second kappa shape index (κ2) is 5.57. The van der Waals surface area contributed by atoms with Crippen LogP contribution in [0.4, 0.5) is 0 Å². The number of aliphatic hydroxyl groups excluding tert-OH is 1. The zero-order valence-corrected chi connectivity index (χ0v) is 12.5. The highest BCUT2D eigenvalue weighted by Gasteiger charge is 2.45. The van der Waals surface area contributed by atoms with Crippen molar-refractivity contribution < 1.29 is 5.11 Å². The maximum atomic E-state index is 10.3. The van der Waals surface area contributed by atoms with Gasteiger partial charge in [-0.15, -0.1) is 0 Å². The van der Waals surface area contributed by atoms with E-state index >= 15 is 0 Å². The summed E-state index contributed by atoms with van der Waals surface area (Å²) in [6, 6.07) is 1.40. The summed E-state index contributed by atoms with van der Waals surface area (Å²) >= 11 is 0. The fourth-order valence-corrected chi connectivity index (χ4v) is 4.59. The first-order valence-corrected chi connectivity index (χ1v) is 8.32. The Labute approximate surface area is 117 Å². The van der Waals surface area contributed by atoms with Gasteiger partial charge in [-0.2, -0.15) is 0 Å². The monoisotopic (exact) mass is 263 g/mol. The number of likely N-dealkylation sites (tertiary alicyclic amines) is 1. The fourth-order valence-electron chi connectivity index (χ4n) is 4.59. The van der Waals surface area contributed by atoms with Gasteiger partial charge < -0.3 is 5.11 Å². The normalized spacial score (nSPS) is 41.1. The maximum Gasteiger partial charge on any atom is 0.0620 e. The third-order valence-electron chi connectivity index (χ3n) is 5.98. The lowest BCUT2D eigenvalue weighted by Crippen LogP contribution is -2.63. The minimum atomic E-state index is -0.118. The van der Waals surface area contributed by atoms with Gasteiger partial charge in [-0.1, -0.05) is 31.4 Å². The van der Waals surface area contributed by atoms with Crippen molar-refractivity contribution in [3.63, 3.8) is 0 Å². The van der Waals surface area contributed by atoms with Crippen molar-refractivity contribution in [1.82, 2.24) is 4.90 Å². The van der Waals surface area contributed by atoms with Crippen LogP contribution >= 0.6 is 0 Å². The first-order chi connectivity index (χ1) is 9.20. The third-order valence-corrected chi connectivity index (χ3v) is 5.98. The Bertz CT molecular complexity index is 351. The first kappa shape index (κ1) is 13.6. The lowest BCUT2D eigenvalue weighted by Gasteiger charge is -2.56. The fraction of sp³-hybridized carbons (Fsp3) is 0.882. The Kier molecular flexibility index (Phi) is 4.00. The molecule has 3 aliphatic rings. The number of aliphatic hydroxyl groups is 1. The van der Waals surface area contributed by atoms with Crippen molar-refractivity contribution in [3.8, 4) is 0 Å². The highest BCUT2D eigenvalue weighted by atomic mass is 16.3. The second-order valence-electron chi connectivity index (χ2n) is 6.94. The molecule has 5 atom stereocenters. The molecule has 2 aliphatic carbocycles. The number of fused-ring (bicyclic) bond motifs is 1. The van der Waals surface area contributed by atoms with Crippen LogP contribution in [0.25, 0.3) is 0 Å². The average molecular weight is 263 g/mol. The quantitative estimate of drug-likeness (QED) is 0.789. The molecule has 0 amide bonds. The van der Waals surface area contributed by atoms with E-state index in [4.69, 9.17) is 0 Å². The van der Waals surface area contributed by atoms with Crippen LogP contribution < -0.4 is 0 Å². The maximum absolute atomic E-state index is 10.3. The first-order valence-electron chi connectivity index (χ1n) is 8.32. The second-order valence-corrected chi connectivity index (χ2v) is 6.94. The SMILES string of the molecule is CCC1=CCC(O)C(C(C)N2CC3CCCCC32)C1. The van der Waals surface area contributed by atoms with Gasteiger partial charge in [0.05, 0.1) is 6.10 Å². The van der Waals surface area contributed by atoms with Gasteiger partial charge in [0.15, 0.2) is 0 Å². The van der Waals surface area contributed by atoms with Crippen molar-refractivity contribution >= 4 is 0 Å². The Hall–Kier alpha value is -0.340. The molecule has 1 N–H and O–H groups in total. The topological polar surface area (TPSA) is 23.5 Å². The molecule has 2 nitrogen and oxygen atoms in total. The zero-order valence-electron chi connectivity index (χ0n) is 12.5. The lowest BCUT2D eigenvalue weighted by molar-refractivity contribution is -0.0771. The summed E-state index contributed by atoms with van der Waals surface area (Å²) in [5.41, 5.74) is 1.56. The summed E-state index contributed by atoms with van der Waals surface area (Å²) in [7, 11) is 0. The molecule has 2 fully saturated rings. The molecule has 1 saturated heterocycles. The van der Waals surface area contributed by atoms with Crippen LogP contribution in [0.3, 0.4) is 0 Å². The zero-order chi connectivity index (χ0) is 13.4. The van der Waals surface area contributed by atoms with E-state index in [9.17, 15) is 5.11 Å². The largest absolute Gasteiger partial charge is 0.392 e. The molecule has 5 unspecified atom stereocenters. The molecule has 108 valence electrons. The smallest absolute Gasteiger partial charge is 0.0620 e. The van der Waals surface area contributed by atoms with Gasteiger partial charge in [-0.3, -0.25) is 4.90 Å². The van der Waals surface area contributed by atoms with Crippen molar-refractivity contribution in [2.75, 3.05) is 6.54 Å². The summed E-state index contributed by atoms with van der Waals surface area (Å²) in [5, 5.41) is 10.3. The minimum Gasteiger partial charge on any atom is -0.392 e. The van der Waals surface area contributed by atoms with E-state index in [2.05, 4.69) is 24.8 Å². The summed E-state index contributed by atoms with van der Waals surface area (Å²) in [6.07, 6.45) is 11.0. The molecule has 1 aliphatic heterocycles. The van der Waals surface area contributed by atoms with Gasteiger partial charge in [0.1, 0.15) is 0 Å². The molecule has 19 heavy (non-hydrogen) atoms. The lowest BCUT2D eigenvalue weighted by atomic mass is 9.73. The standard InChI is InChI=1S/C17H29NO/c1-3-13-8-9-17(19)15(10-13)12(2)18-11-14-6-4-5-7-16(14)18/h8,12,14-17,19H,3-7,9-11H2,1-2H3. The average Bonchev–Trinajstić information content (AvgIpc) is 2.40. The Balaban J connectivity index is 1.63. The molecule has 0 aromatic rings. The number of nitrogens with zero attached hydrogens (tertiary/aromatic N) is 1. The minimum absolute atomic E-state index is 0.118. The summed E-state index contributed by atoms with van der Waals surface area (Å²) < 4.78 is 0. The third kappa shape index (κ3) is 2.50. The number of hydrogen-bond acceptors (Lipinski definition) is 2. The molecular formula is C17H29NO. The van der Waals surface area contributed by atoms with Gasteiger partial charge in [0.2, 0.25) is 0 Å². The molecule has 2 heteroatoms. The summed E-state index contributed by atoms with van der Waals surface area (Å²) in [6.45, 7) is 5.89.